The Labute approximate surface area is 93.0 Å². The van der Waals surface area contributed by atoms with Crippen molar-refractivity contribution in [1.29, 1.82) is 0 Å². The quantitative estimate of drug-likeness (QED) is 0.702. The van der Waals surface area contributed by atoms with Crippen LogP contribution in [0.5, 0.6) is 0 Å². The third kappa shape index (κ3) is 2.71. The second-order valence-electron chi connectivity index (χ2n) is 5.11. The number of nitrogens with two attached hydrogens (primary N) is 1. The van der Waals surface area contributed by atoms with E-state index in [1.807, 2.05) is 6.92 Å². The minimum Gasteiger partial charge on any atom is -0.387 e. The van der Waals surface area contributed by atoms with Gasteiger partial charge in [0.25, 0.3) is 0 Å². The molecule has 1 unspecified atom stereocenters. The number of rotatable bonds is 4. The van der Waals surface area contributed by atoms with Gasteiger partial charge in [-0.3, -0.25) is 0 Å². The van der Waals surface area contributed by atoms with Crippen LogP contribution in [-0.2, 0) is 4.74 Å². The van der Waals surface area contributed by atoms with Gasteiger partial charge in [0.05, 0.1) is 12.2 Å². The summed E-state index contributed by atoms with van der Waals surface area (Å²) < 4.78 is 5.12. The molecule has 1 aliphatic rings. The molecule has 1 atom stereocenters. The summed E-state index contributed by atoms with van der Waals surface area (Å²) in [6.07, 6.45) is 6.95. The molecule has 1 rings (SSSR count). The topological polar surface area (TPSA) is 55.5 Å². The highest BCUT2D eigenvalue weighted by atomic mass is 16.5. The predicted octanol–water partition coefficient (Wildman–Crippen LogP) is 1.68. The molecule has 1 aliphatic carbocycles. The lowest BCUT2D eigenvalue weighted by atomic mass is 9.68. The van der Waals surface area contributed by atoms with Crippen molar-refractivity contribution in [2.24, 2.45) is 11.1 Å². The molecule has 0 spiro atoms. The average molecular weight is 215 g/mol. The summed E-state index contributed by atoms with van der Waals surface area (Å²) in [6, 6.07) is 0. The van der Waals surface area contributed by atoms with E-state index >= 15 is 0 Å². The van der Waals surface area contributed by atoms with Gasteiger partial charge in [-0.2, -0.15) is 0 Å². The second-order valence-corrected chi connectivity index (χ2v) is 5.11. The number of hydrogen-bond donors (Lipinski definition) is 2. The molecule has 0 bridgehead atoms. The van der Waals surface area contributed by atoms with E-state index < -0.39 is 5.60 Å². The largest absolute Gasteiger partial charge is 0.387 e. The third-order valence-corrected chi connectivity index (χ3v) is 4.02. The van der Waals surface area contributed by atoms with Crippen molar-refractivity contribution in [1.82, 2.24) is 0 Å². The van der Waals surface area contributed by atoms with Gasteiger partial charge in [-0.1, -0.05) is 25.7 Å². The molecule has 1 saturated carbocycles. The minimum absolute atomic E-state index is 0.139. The Balaban J connectivity index is 2.80. The molecule has 0 aliphatic heterocycles. The molecule has 90 valence electrons. The summed E-state index contributed by atoms with van der Waals surface area (Å²) in [5.74, 6) is 0. The van der Waals surface area contributed by atoms with Crippen LogP contribution >= 0.6 is 0 Å². The monoisotopic (exact) mass is 215 g/mol. The molecule has 15 heavy (non-hydrogen) atoms. The van der Waals surface area contributed by atoms with Gasteiger partial charge in [-0.25, -0.2) is 0 Å². The SMILES string of the molecule is COCC(C)(O)C1(CN)CCCCCC1. The van der Waals surface area contributed by atoms with E-state index in [-0.39, 0.29) is 5.41 Å². The highest BCUT2D eigenvalue weighted by Gasteiger charge is 2.45. The fourth-order valence-electron chi connectivity index (χ4n) is 2.80. The number of ether oxygens (including phenoxy) is 1. The predicted molar refractivity (Wildman–Crippen MR) is 61.7 cm³/mol. The summed E-state index contributed by atoms with van der Waals surface area (Å²) in [4.78, 5) is 0. The molecule has 0 amide bonds. The molecule has 0 saturated heterocycles. The summed E-state index contributed by atoms with van der Waals surface area (Å²) in [6.45, 7) is 2.81. The van der Waals surface area contributed by atoms with Crippen LogP contribution in [0.2, 0.25) is 0 Å². The van der Waals surface area contributed by atoms with Crippen LogP contribution in [0.1, 0.15) is 45.4 Å². The zero-order chi connectivity index (χ0) is 11.4. The first-order chi connectivity index (χ1) is 7.08. The van der Waals surface area contributed by atoms with Crippen LogP contribution in [0.25, 0.3) is 0 Å². The molecular weight excluding hydrogens is 190 g/mol. The second kappa shape index (κ2) is 5.28. The van der Waals surface area contributed by atoms with E-state index in [9.17, 15) is 5.11 Å². The average Bonchev–Trinajstić information content (AvgIpc) is 2.43. The lowest BCUT2D eigenvalue weighted by Crippen LogP contribution is -2.53. The first-order valence-corrected chi connectivity index (χ1v) is 5.99. The highest BCUT2D eigenvalue weighted by Crippen LogP contribution is 2.43. The fraction of sp³-hybridized carbons (Fsp3) is 1.00. The van der Waals surface area contributed by atoms with E-state index in [0.29, 0.717) is 13.2 Å². The zero-order valence-corrected chi connectivity index (χ0v) is 10.1. The molecule has 0 aromatic carbocycles. The maximum atomic E-state index is 10.5. The highest BCUT2D eigenvalue weighted by molar-refractivity contribution is 4.97. The number of aliphatic hydroxyl groups is 1. The van der Waals surface area contributed by atoms with Crippen LogP contribution in [-0.4, -0.2) is 31.0 Å². The molecule has 3 nitrogen and oxygen atoms in total. The molecule has 0 heterocycles. The van der Waals surface area contributed by atoms with Crippen molar-refractivity contribution in [2.75, 3.05) is 20.3 Å². The van der Waals surface area contributed by atoms with Crippen molar-refractivity contribution >= 4 is 0 Å². The molecule has 0 radical (unpaired) electrons. The van der Waals surface area contributed by atoms with Gasteiger partial charge in [-0.05, 0) is 19.8 Å². The van der Waals surface area contributed by atoms with Crippen LogP contribution in [0.4, 0.5) is 0 Å². The smallest absolute Gasteiger partial charge is 0.0919 e. The van der Waals surface area contributed by atoms with Gasteiger partial charge >= 0.3 is 0 Å². The van der Waals surface area contributed by atoms with E-state index in [2.05, 4.69) is 0 Å². The Hall–Kier alpha value is -0.120. The Bertz CT molecular complexity index is 184. The van der Waals surface area contributed by atoms with Gasteiger partial charge < -0.3 is 15.6 Å². The van der Waals surface area contributed by atoms with Crippen molar-refractivity contribution in [3.63, 3.8) is 0 Å². The summed E-state index contributed by atoms with van der Waals surface area (Å²) >= 11 is 0. The van der Waals surface area contributed by atoms with E-state index in [4.69, 9.17) is 10.5 Å². The Morgan fingerprint density at radius 1 is 1.27 bits per heavy atom. The van der Waals surface area contributed by atoms with Gasteiger partial charge in [0.2, 0.25) is 0 Å². The van der Waals surface area contributed by atoms with Crippen molar-refractivity contribution in [3.8, 4) is 0 Å². The van der Waals surface area contributed by atoms with E-state index in [0.717, 1.165) is 12.8 Å². The summed E-state index contributed by atoms with van der Waals surface area (Å²) in [5.41, 5.74) is 4.98. The van der Waals surface area contributed by atoms with Crippen LogP contribution in [0, 0.1) is 5.41 Å². The van der Waals surface area contributed by atoms with Crippen LogP contribution in [0.3, 0.4) is 0 Å². The Morgan fingerprint density at radius 2 is 1.80 bits per heavy atom. The Kier molecular flexibility index (Phi) is 4.56. The maximum absolute atomic E-state index is 10.5. The molecule has 3 N–H and O–H groups in total. The molecule has 1 fully saturated rings. The normalized spacial score (nSPS) is 25.6. The van der Waals surface area contributed by atoms with Gasteiger partial charge in [0.1, 0.15) is 0 Å². The lowest BCUT2D eigenvalue weighted by molar-refractivity contribution is -0.115. The van der Waals surface area contributed by atoms with Crippen molar-refractivity contribution in [3.05, 3.63) is 0 Å². The van der Waals surface area contributed by atoms with Gasteiger partial charge in [0.15, 0.2) is 0 Å². The third-order valence-electron chi connectivity index (χ3n) is 4.02. The van der Waals surface area contributed by atoms with Gasteiger partial charge in [-0.15, -0.1) is 0 Å². The minimum atomic E-state index is -0.791. The van der Waals surface area contributed by atoms with Gasteiger partial charge in [0, 0.05) is 19.1 Å². The number of hydrogen-bond acceptors (Lipinski definition) is 3. The fourth-order valence-corrected chi connectivity index (χ4v) is 2.80. The zero-order valence-electron chi connectivity index (χ0n) is 10.1. The van der Waals surface area contributed by atoms with Crippen LogP contribution in [0.15, 0.2) is 0 Å². The standard InChI is InChI=1S/C12H25NO2/c1-11(14,10-15-2)12(9-13)7-5-3-4-6-8-12/h14H,3-10,13H2,1-2H3. The summed E-state index contributed by atoms with van der Waals surface area (Å²) in [7, 11) is 1.63. The van der Waals surface area contributed by atoms with E-state index in [1.165, 1.54) is 25.7 Å². The lowest BCUT2D eigenvalue weighted by Gasteiger charge is -2.44. The molecule has 0 aromatic heterocycles. The van der Waals surface area contributed by atoms with Crippen molar-refractivity contribution in [2.45, 2.75) is 51.0 Å². The van der Waals surface area contributed by atoms with E-state index in [1.54, 1.807) is 7.11 Å². The Morgan fingerprint density at radius 3 is 2.20 bits per heavy atom. The maximum Gasteiger partial charge on any atom is 0.0919 e. The first-order valence-electron chi connectivity index (χ1n) is 5.99. The number of methoxy groups -OCH3 is 1. The van der Waals surface area contributed by atoms with Crippen LogP contribution < -0.4 is 5.73 Å². The van der Waals surface area contributed by atoms with Crippen molar-refractivity contribution < 1.29 is 9.84 Å². The molecule has 0 aromatic rings. The molecular formula is C12H25NO2. The first kappa shape index (κ1) is 12.9. The summed E-state index contributed by atoms with van der Waals surface area (Å²) in [5, 5.41) is 10.5. The molecule has 3 heteroatoms.